The third-order valence-electron chi connectivity index (χ3n) is 5.05. The minimum absolute atomic E-state index is 0.00930. The summed E-state index contributed by atoms with van der Waals surface area (Å²) in [5.41, 5.74) is 0. The zero-order valence-corrected chi connectivity index (χ0v) is 17.8. The van der Waals surface area contributed by atoms with Gasteiger partial charge in [-0.05, 0) is 34.7 Å². The van der Waals surface area contributed by atoms with E-state index in [2.05, 4.69) is 87.4 Å². The van der Waals surface area contributed by atoms with Crippen LogP contribution in [0.5, 0.6) is 0 Å². The minimum Gasteiger partial charge on any atom is -0.407 e. The molecule has 0 radical (unpaired) electrons. The van der Waals surface area contributed by atoms with Crippen LogP contribution in [0.2, 0.25) is 5.04 Å². The molecule has 0 aromatic heterocycles. The van der Waals surface area contributed by atoms with Gasteiger partial charge in [-0.1, -0.05) is 93.8 Å². The highest BCUT2D eigenvalue weighted by atomic mass is 28.4. The summed E-state index contributed by atoms with van der Waals surface area (Å²) in [6.07, 6.45) is 8.18. The van der Waals surface area contributed by atoms with Crippen molar-refractivity contribution in [1.82, 2.24) is 0 Å². The summed E-state index contributed by atoms with van der Waals surface area (Å²) in [5.74, 6) is 2.37. The van der Waals surface area contributed by atoms with Crippen LogP contribution < -0.4 is 10.4 Å². The number of rotatable bonds is 9. The van der Waals surface area contributed by atoms with Crippen LogP contribution >= 0.6 is 0 Å². The SMILES string of the molecule is C#C[C@H](O)CCCCCO[Si](c1ccccc1)(c1ccccc1)C(C)(C)C. The van der Waals surface area contributed by atoms with Gasteiger partial charge >= 0.3 is 0 Å². The lowest BCUT2D eigenvalue weighted by Crippen LogP contribution is -2.66. The highest BCUT2D eigenvalue weighted by molar-refractivity contribution is 6.99. The molecule has 2 aromatic rings. The van der Waals surface area contributed by atoms with E-state index in [9.17, 15) is 5.11 Å². The van der Waals surface area contributed by atoms with Crippen molar-refractivity contribution in [3.63, 3.8) is 0 Å². The average molecular weight is 381 g/mol. The lowest BCUT2D eigenvalue weighted by atomic mass is 10.1. The maximum atomic E-state index is 9.49. The molecular formula is C24H32O2Si. The first-order valence-corrected chi connectivity index (χ1v) is 11.7. The van der Waals surface area contributed by atoms with E-state index < -0.39 is 14.4 Å². The highest BCUT2D eigenvalue weighted by Gasteiger charge is 2.49. The molecule has 1 atom stereocenters. The Morgan fingerprint density at radius 2 is 1.44 bits per heavy atom. The summed E-state index contributed by atoms with van der Waals surface area (Å²) in [5, 5.41) is 12.1. The summed E-state index contributed by atoms with van der Waals surface area (Å²) in [4.78, 5) is 0. The number of terminal acetylenes is 1. The lowest BCUT2D eigenvalue weighted by Gasteiger charge is -2.43. The van der Waals surface area contributed by atoms with Gasteiger partial charge in [0.15, 0.2) is 0 Å². The predicted molar refractivity (Wildman–Crippen MR) is 117 cm³/mol. The van der Waals surface area contributed by atoms with Crippen molar-refractivity contribution in [1.29, 1.82) is 0 Å². The Morgan fingerprint density at radius 1 is 0.926 bits per heavy atom. The van der Waals surface area contributed by atoms with Gasteiger partial charge in [0.2, 0.25) is 0 Å². The summed E-state index contributed by atoms with van der Waals surface area (Å²) < 4.78 is 6.84. The van der Waals surface area contributed by atoms with Gasteiger partial charge in [0.05, 0.1) is 0 Å². The van der Waals surface area contributed by atoms with Crippen LogP contribution in [0.1, 0.15) is 46.5 Å². The molecule has 144 valence electrons. The fourth-order valence-corrected chi connectivity index (χ4v) is 8.29. The van der Waals surface area contributed by atoms with Crippen LogP contribution in [0.3, 0.4) is 0 Å². The van der Waals surface area contributed by atoms with Crippen LogP contribution in [0.15, 0.2) is 60.7 Å². The Hall–Kier alpha value is -1.86. The van der Waals surface area contributed by atoms with Gasteiger partial charge in [0.25, 0.3) is 8.32 Å². The van der Waals surface area contributed by atoms with Gasteiger partial charge in [-0.25, -0.2) is 0 Å². The molecule has 0 fully saturated rings. The first-order chi connectivity index (χ1) is 12.9. The van der Waals surface area contributed by atoms with Gasteiger partial charge in [0, 0.05) is 6.61 Å². The number of benzene rings is 2. The predicted octanol–water partition coefficient (Wildman–Crippen LogP) is 4.12. The smallest absolute Gasteiger partial charge is 0.261 e. The van der Waals surface area contributed by atoms with E-state index in [4.69, 9.17) is 10.8 Å². The van der Waals surface area contributed by atoms with Crippen molar-refractivity contribution in [2.75, 3.05) is 6.61 Å². The van der Waals surface area contributed by atoms with E-state index >= 15 is 0 Å². The first kappa shape index (κ1) is 21.4. The van der Waals surface area contributed by atoms with Crippen LogP contribution in [0, 0.1) is 12.3 Å². The second-order valence-electron chi connectivity index (χ2n) is 8.04. The molecule has 0 heterocycles. The monoisotopic (exact) mass is 380 g/mol. The molecule has 0 bridgehead atoms. The fraction of sp³-hybridized carbons (Fsp3) is 0.417. The topological polar surface area (TPSA) is 29.5 Å². The fourth-order valence-electron chi connectivity index (χ4n) is 3.69. The first-order valence-electron chi connectivity index (χ1n) is 9.81. The Kier molecular flexibility index (Phi) is 7.86. The molecule has 3 heteroatoms. The largest absolute Gasteiger partial charge is 0.407 e. The van der Waals surface area contributed by atoms with E-state index in [-0.39, 0.29) is 5.04 Å². The number of aliphatic hydroxyl groups is 1. The molecule has 0 aliphatic heterocycles. The van der Waals surface area contributed by atoms with Crippen LogP contribution in [0.25, 0.3) is 0 Å². The van der Waals surface area contributed by atoms with Crippen LogP contribution in [-0.4, -0.2) is 26.1 Å². The van der Waals surface area contributed by atoms with E-state index in [1.807, 2.05) is 0 Å². The van der Waals surface area contributed by atoms with Crippen LogP contribution in [-0.2, 0) is 4.43 Å². The number of hydrogen-bond acceptors (Lipinski definition) is 2. The second-order valence-corrected chi connectivity index (χ2v) is 12.3. The zero-order valence-electron chi connectivity index (χ0n) is 16.8. The van der Waals surface area contributed by atoms with Crippen LogP contribution in [0.4, 0.5) is 0 Å². The van der Waals surface area contributed by atoms with Gasteiger partial charge in [0.1, 0.15) is 6.10 Å². The van der Waals surface area contributed by atoms with Gasteiger partial charge < -0.3 is 9.53 Å². The molecule has 1 N–H and O–H groups in total. The van der Waals surface area contributed by atoms with E-state index in [1.165, 1.54) is 10.4 Å². The Balaban J connectivity index is 2.22. The molecule has 2 nitrogen and oxygen atoms in total. The molecule has 0 saturated carbocycles. The molecule has 0 spiro atoms. The number of aliphatic hydroxyl groups excluding tert-OH is 1. The molecule has 0 saturated heterocycles. The minimum atomic E-state index is -2.42. The Labute approximate surface area is 165 Å². The molecule has 0 amide bonds. The lowest BCUT2D eigenvalue weighted by molar-refractivity contribution is 0.214. The summed E-state index contributed by atoms with van der Waals surface area (Å²) in [6.45, 7) is 7.60. The molecule has 0 aliphatic rings. The summed E-state index contributed by atoms with van der Waals surface area (Å²) in [7, 11) is -2.42. The van der Waals surface area contributed by atoms with Gasteiger partial charge in [-0.2, -0.15) is 0 Å². The second kappa shape index (κ2) is 9.89. The normalized spacial score (nSPS) is 13.1. The summed E-state index contributed by atoms with van der Waals surface area (Å²) >= 11 is 0. The highest BCUT2D eigenvalue weighted by Crippen LogP contribution is 2.36. The van der Waals surface area contributed by atoms with Crippen molar-refractivity contribution in [2.45, 2.75) is 57.6 Å². The molecule has 0 aliphatic carbocycles. The van der Waals surface area contributed by atoms with E-state index in [1.54, 1.807) is 0 Å². The average Bonchev–Trinajstić information content (AvgIpc) is 2.67. The summed E-state index contributed by atoms with van der Waals surface area (Å²) in [6, 6.07) is 21.4. The number of unbranched alkanes of at least 4 members (excludes halogenated alkanes) is 2. The Bertz CT molecular complexity index is 674. The maximum Gasteiger partial charge on any atom is 0.261 e. The third-order valence-corrected chi connectivity index (χ3v) is 10.1. The van der Waals surface area contributed by atoms with Crippen molar-refractivity contribution < 1.29 is 9.53 Å². The standard InChI is InChI=1S/C24H32O2Si/c1-5-21(25)15-9-8-14-20-26-27(24(2,3)4,22-16-10-6-11-17-22)23-18-12-7-13-19-23/h1,6-7,10-13,16-19,21,25H,8-9,14-15,20H2,2-4H3/t21-/m0/s1. The quantitative estimate of drug-likeness (QED) is 0.403. The van der Waals surface area contributed by atoms with Crippen molar-refractivity contribution in [3.8, 4) is 12.3 Å². The molecule has 2 aromatic carbocycles. The molecule has 27 heavy (non-hydrogen) atoms. The maximum absolute atomic E-state index is 9.49. The third kappa shape index (κ3) is 5.32. The zero-order chi connectivity index (χ0) is 19.8. The molecule has 0 unspecified atom stereocenters. The Morgan fingerprint density at radius 3 is 1.89 bits per heavy atom. The van der Waals surface area contributed by atoms with Crippen molar-refractivity contribution in [2.24, 2.45) is 0 Å². The van der Waals surface area contributed by atoms with Crippen molar-refractivity contribution >= 4 is 18.7 Å². The van der Waals surface area contributed by atoms with Gasteiger partial charge in [-0.15, -0.1) is 6.42 Å². The van der Waals surface area contributed by atoms with Gasteiger partial charge in [-0.3, -0.25) is 0 Å². The van der Waals surface area contributed by atoms with E-state index in [0.717, 1.165) is 25.9 Å². The van der Waals surface area contributed by atoms with Crippen molar-refractivity contribution in [3.05, 3.63) is 60.7 Å². The van der Waals surface area contributed by atoms with E-state index in [0.29, 0.717) is 6.42 Å². The molecule has 2 rings (SSSR count). The molecular weight excluding hydrogens is 348 g/mol. The number of hydrogen-bond donors (Lipinski definition) is 1.